The lowest BCUT2D eigenvalue weighted by atomic mass is 10.2. The number of rotatable bonds is 6. The lowest BCUT2D eigenvalue weighted by Gasteiger charge is -2.15. The molecule has 2 aromatic heterocycles. The molecule has 0 aliphatic heterocycles. The first-order valence-corrected chi connectivity index (χ1v) is 8.13. The highest BCUT2D eigenvalue weighted by Crippen LogP contribution is 2.16. The summed E-state index contributed by atoms with van der Waals surface area (Å²) in [5.74, 6) is 0.940. The molecule has 1 aromatic carbocycles. The van der Waals surface area contributed by atoms with Crippen molar-refractivity contribution in [1.82, 2.24) is 15.1 Å². The molecule has 7 heteroatoms. The SMILES string of the molecule is COc1cccc(CNC(=O)C(C)n2nc(-c3ccco3)ccc2=O)c1. The molecule has 7 nitrogen and oxygen atoms in total. The third-order valence-electron chi connectivity index (χ3n) is 3.95. The van der Waals surface area contributed by atoms with Gasteiger partial charge in [0.25, 0.3) is 5.56 Å². The lowest BCUT2D eigenvalue weighted by molar-refractivity contribution is -0.124. The van der Waals surface area contributed by atoms with Gasteiger partial charge in [-0.05, 0) is 42.8 Å². The number of nitrogens with zero attached hydrogens (tertiary/aromatic N) is 2. The highest BCUT2D eigenvalue weighted by molar-refractivity contribution is 5.79. The third kappa shape index (κ3) is 3.83. The number of hydrogen-bond acceptors (Lipinski definition) is 5. The maximum atomic E-state index is 12.5. The fourth-order valence-electron chi connectivity index (χ4n) is 2.49. The average Bonchev–Trinajstić information content (AvgIpc) is 3.21. The standard InChI is InChI=1S/C19H19N3O4/c1-13(19(24)20-12-14-5-3-6-15(11-14)25-2)22-18(23)9-8-16(21-22)17-7-4-10-26-17/h3-11,13H,12H2,1-2H3,(H,20,24). The molecule has 3 rings (SSSR count). The molecule has 2 heterocycles. The van der Waals surface area contributed by atoms with Gasteiger partial charge in [-0.3, -0.25) is 9.59 Å². The van der Waals surface area contributed by atoms with E-state index >= 15 is 0 Å². The Hall–Kier alpha value is -3.35. The van der Waals surface area contributed by atoms with Gasteiger partial charge in [0.2, 0.25) is 5.91 Å². The predicted molar refractivity (Wildman–Crippen MR) is 95.8 cm³/mol. The zero-order valence-electron chi connectivity index (χ0n) is 14.5. The Bertz CT molecular complexity index is 947. The molecular weight excluding hydrogens is 334 g/mol. The van der Waals surface area contributed by atoms with Gasteiger partial charge >= 0.3 is 0 Å². The molecule has 0 bridgehead atoms. The number of hydrogen-bond donors (Lipinski definition) is 1. The highest BCUT2D eigenvalue weighted by Gasteiger charge is 2.18. The molecule has 1 N–H and O–H groups in total. The molecule has 0 saturated heterocycles. The zero-order chi connectivity index (χ0) is 18.5. The maximum Gasteiger partial charge on any atom is 0.267 e. The largest absolute Gasteiger partial charge is 0.497 e. The Morgan fingerprint density at radius 1 is 1.27 bits per heavy atom. The summed E-state index contributed by atoms with van der Waals surface area (Å²) >= 11 is 0. The first-order valence-electron chi connectivity index (χ1n) is 8.13. The Morgan fingerprint density at radius 2 is 2.12 bits per heavy atom. The molecule has 0 saturated carbocycles. The Labute approximate surface area is 150 Å². The minimum atomic E-state index is -0.761. The molecule has 1 atom stereocenters. The normalized spacial score (nSPS) is 11.8. The molecule has 134 valence electrons. The molecule has 26 heavy (non-hydrogen) atoms. The van der Waals surface area contributed by atoms with E-state index in [-0.39, 0.29) is 11.5 Å². The number of furan rings is 1. The van der Waals surface area contributed by atoms with Crippen molar-refractivity contribution in [3.63, 3.8) is 0 Å². The van der Waals surface area contributed by atoms with E-state index in [1.165, 1.54) is 12.3 Å². The smallest absolute Gasteiger partial charge is 0.267 e. The van der Waals surface area contributed by atoms with Crippen molar-refractivity contribution in [2.75, 3.05) is 7.11 Å². The number of carbonyl (C=O) groups excluding carboxylic acids is 1. The van der Waals surface area contributed by atoms with Gasteiger partial charge in [0.1, 0.15) is 17.5 Å². The second-order valence-corrected chi connectivity index (χ2v) is 5.72. The van der Waals surface area contributed by atoms with Gasteiger partial charge in [-0.15, -0.1) is 0 Å². The van der Waals surface area contributed by atoms with Crippen LogP contribution in [0.5, 0.6) is 5.75 Å². The van der Waals surface area contributed by atoms with Gasteiger partial charge in [0, 0.05) is 12.6 Å². The van der Waals surface area contributed by atoms with E-state index in [2.05, 4.69) is 10.4 Å². The molecule has 3 aromatic rings. The molecule has 0 fully saturated rings. The number of aromatic nitrogens is 2. The summed E-state index contributed by atoms with van der Waals surface area (Å²) in [5.41, 5.74) is 1.03. The van der Waals surface area contributed by atoms with Crippen molar-refractivity contribution in [2.24, 2.45) is 0 Å². The first-order chi connectivity index (χ1) is 12.6. The lowest BCUT2D eigenvalue weighted by Crippen LogP contribution is -2.36. The quantitative estimate of drug-likeness (QED) is 0.735. The third-order valence-corrected chi connectivity index (χ3v) is 3.95. The van der Waals surface area contributed by atoms with Gasteiger partial charge in [-0.1, -0.05) is 12.1 Å². The number of nitrogens with one attached hydrogen (secondary N) is 1. The second kappa shape index (κ2) is 7.69. The number of benzene rings is 1. The first kappa shape index (κ1) is 17.5. The summed E-state index contributed by atoms with van der Waals surface area (Å²) in [6, 6.07) is 13.1. The minimum Gasteiger partial charge on any atom is -0.497 e. The van der Waals surface area contributed by atoms with Crippen LogP contribution in [0.15, 0.2) is 64.0 Å². The van der Waals surface area contributed by atoms with E-state index in [0.717, 1.165) is 10.2 Å². The van der Waals surface area contributed by atoms with Crippen LogP contribution in [-0.4, -0.2) is 22.8 Å². The second-order valence-electron chi connectivity index (χ2n) is 5.72. The van der Waals surface area contributed by atoms with Crippen LogP contribution in [-0.2, 0) is 11.3 Å². The fraction of sp³-hybridized carbons (Fsp3) is 0.211. The van der Waals surface area contributed by atoms with Crippen LogP contribution in [0.25, 0.3) is 11.5 Å². The van der Waals surface area contributed by atoms with Crippen molar-refractivity contribution < 1.29 is 13.9 Å². The van der Waals surface area contributed by atoms with Crippen molar-refractivity contribution in [3.8, 4) is 17.2 Å². The number of methoxy groups -OCH3 is 1. The van der Waals surface area contributed by atoms with Crippen LogP contribution in [0, 0.1) is 0 Å². The van der Waals surface area contributed by atoms with E-state index in [4.69, 9.17) is 9.15 Å². The maximum absolute atomic E-state index is 12.5. The Balaban J connectivity index is 1.73. The molecular formula is C19H19N3O4. The zero-order valence-corrected chi connectivity index (χ0v) is 14.5. The number of carbonyl (C=O) groups is 1. The highest BCUT2D eigenvalue weighted by atomic mass is 16.5. The van der Waals surface area contributed by atoms with E-state index in [9.17, 15) is 9.59 Å². The van der Waals surface area contributed by atoms with Gasteiger partial charge in [0.05, 0.1) is 13.4 Å². The molecule has 0 aliphatic rings. The predicted octanol–water partition coefficient (Wildman–Crippen LogP) is 2.39. The van der Waals surface area contributed by atoms with Gasteiger partial charge < -0.3 is 14.5 Å². The van der Waals surface area contributed by atoms with E-state index in [1.54, 1.807) is 32.2 Å². The summed E-state index contributed by atoms with van der Waals surface area (Å²) in [6.45, 7) is 1.95. The van der Waals surface area contributed by atoms with Crippen molar-refractivity contribution in [3.05, 3.63) is 70.7 Å². The summed E-state index contributed by atoms with van der Waals surface area (Å²) in [4.78, 5) is 24.6. The van der Waals surface area contributed by atoms with E-state index in [0.29, 0.717) is 23.7 Å². The van der Waals surface area contributed by atoms with E-state index in [1.807, 2.05) is 24.3 Å². The Morgan fingerprint density at radius 3 is 2.85 bits per heavy atom. The van der Waals surface area contributed by atoms with Gasteiger partial charge in [-0.25, -0.2) is 4.68 Å². The van der Waals surface area contributed by atoms with Crippen molar-refractivity contribution in [2.45, 2.75) is 19.5 Å². The van der Waals surface area contributed by atoms with Crippen LogP contribution < -0.4 is 15.6 Å². The van der Waals surface area contributed by atoms with Crippen LogP contribution >= 0.6 is 0 Å². The fourth-order valence-corrected chi connectivity index (χ4v) is 2.49. The Kier molecular flexibility index (Phi) is 5.17. The minimum absolute atomic E-state index is 0.306. The molecule has 0 aliphatic carbocycles. The van der Waals surface area contributed by atoms with Crippen LogP contribution in [0.1, 0.15) is 18.5 Å². The van der Waals surface area contributed by atoms with Crippen molar-refractivity contribution >= 4 is 5.91 Å². The summed E-state index contributed by atoms with van der Waals surface area (Å²) in [7, 11) is 1.59. The molecule has 0 spiro atoms. The monoisotopic (exact) mass is 353 g/mol. The summed E-state index contributed by atoms with van der Waals surface area (Å²) < 4.78 is 11.6. The molecule has 1 unspecified atom stereocenters. The molecule has 0 radical (unpaired) electrons. The topological polar surface area (TPSA) is 86.4 Å². The van der Waals surface area contributed by atoms with E-state index < -0.39 is 6.04 Å². The summed E-state index contributed by atoms with van der Waals surface area (Å²) in [5, 5.41) is 7.06. The summed E-state index contributed by atoms with van der Waals surface area (Å²) in [6.07, 6.45) is 1.52. The van der Waals surface area contributed by atoms with Crippen molar-refractivity contribution in [1.29, 1.82) is 0 Å². The van der Waals surface area contributed by atoms with Crippen LogP contribution in [0.4, 0.5) is 0 Å². The number of ether oxygens (including phenoxy) is 1. The van der Waals surface area contributed by atoms with Crippen LogP contribution in [0.3, 0.4) is 0 Å². The average molecular weight is 353 g/mol. The van der Waals surface area contributed by atoms with Crippen LogP contribution in [0.2, 0.25) is 0 Å². The van der Waals surface area contributed by atoms with Gasteiger partial charge in [0.15, 0.2) is 5.76 Å². The molecule has 1 amide bonds. The van der Waals surface area contributed by atoms with Gasteiger partial charge in [-0.2, -0.15) is 5.10 Å². The number of amides is 1.